The molecule has 1 aromatic rings. The molecule has 1 amide bonds. The van der Waals surface area contributed by atoms with Crippen molar-refractivity contribution in [3.63, 3.8) is 0 Å². The van der Waals surface area contributed by atoms with Crippen molar-refractivity contribution in [2.75, 3.05) is 18.1 Å². The lowest BCUT2D eigenvalue weighted by molar-refractivity contribution is 0.139. The average Bonchev–Trinajstić information content (AvgIpc) is 2.30. The highest BCUT2D eigenvalue weighted by Gasteiger charge is 2.23. The van der Waals surface area contributed by atoms with Crippen LogP contribution < -0.4 is 10.6 Å². The maximum Gasteiger partial charge on any atom is 0.416 e. The second-order valence-electron chi connectivity index (χ2n) is 3.21. The summed E-state index contributed by atoms with van der Waals surface area (Å²) in [5.41, 5.74) is 6.26. The Kier molecular flexibility index (Phi) is 2.77. The normalized spacial score (nSPS) is 16.3. The van der Waals surface area contributed by atoms with E-state index in [0.717, 1.165) is 12.0 Å². The molecule has 6 heteroatoms. The van der Waals surface area contributed by atoms with Crippen LogP contribution in [-0.2, 0) is 11.3 Å². The first-order valence-electron chi connectivity index (χ1n) is 4.76. The predicted octanol–water partition coefficient (Wildman–Crippen LogP) is 0.282. The Morgan fingerprint density at radius 1 is 1.47 bits per heavy atom. The van der Waals surface area contributed by atoms with Gasteiger partial charge in [-0.05, 0) is 6.42 Å². The highest BCUT2D eigenvalue weighted by Crippen LogP contribution is 2.12. The van der Waals surface area contributed by atoms with Gasteiger partial charge in [-0.15, -0.1) is 0 Å². The molecule has 1 saturated heterocycles. The number of carbonyl (C=O) groups is 1. The monoisotopic (exact) mass is 208 g/mol. The smallest absolute Gasteiger partial charge is 0.416 e. The first-order chi connectivity index (χ1) is 7.31. The van der Waals surface area contributed by atoms with Gasteiger partial charge in [0.25, 0.3) is 0 Å². The highest BCUT2D eigenvalue weighted by molar-refractivity contribution is 5.85. The molecule has 1 aromatic heterocycles. The van der Waals surface area contributed by atoms with Crippen molar-refractivity contribution in [3.05, 3.63) is 18.0 Å². The Bertz CT molecular complexity index is 352. The zero-order valence-corrected chi connectivity index (χ0v) is 8.22. The minimum absolute atomic E-state index is 0.372. The standard InChI is InChI=1S/C9H12N4O2/c10-4-7-5-11-8(12-6-7)13-2-1-3-15-9(13)14/h5-6H,1-4,10H2. The molecule has 2 rings (SSSR count). The number of ether oxygens (including phenoxy) is 1. The number of amides is 1. The number of carbonyl (C=O) groups excluding carboxylic acids is 1. The summed E-state index contributed by atoms with van der Waals surface area (Å²) in [5, 5.41) is 0. The Morgan fingerprint density at radius 2 is 2.20 bits per heavy atom. The lowest BCUT2D eigenvalue weighted by Gasteiger charge is -2.24. The van der Waals surface area contributed by atoms with Gasteiger partial charge in [0.2, 0.25) is 5.95 Å². The summed E-state index contributed by atoms with van der Waals surface area (Å²) < 4.78 is 4.88. The zero-order valence-electron chi connectivity index (χ0n) is 8.22. The number of rotatable bonds is 2. The van der Waals surface area contributed by atoms with E-state index in [2.05, 4.69) is 9.97 Å². The van der Waals surface area contributed by atoms with Crippen LogP contribution in [0.25, 0.3) is 0 Å². The van der Waals surface area contributed by atoms with Gasteiger partial charge < -0.3 is 10.5 Å². The third-order valence-corrected chi connectivity index (χ3v) is 2.14. The summed E-state index contributed by atoms with van der Waals surface area (Å²) in [7, 11) is 0. The van der Waals surface area contributed by atoms with E-state index in [1.165, 1.54) is 4.90 Å². The van der Waals surface area contributed by atoms with Crippen LogP contribution in [0.15, 0.2) is 12.4 Å². The quantitative estimate of drug-likeness (QED) is 0.755. The molecule has 0 aliphatic carbocycles. The molecule has 2 N–H and O–H groups in total. The summed E-state index contributed by atoms with van der Waals surface area (Å²) in [6.45, 7) is 1.46. The molecule has 0 aromatic carbocycles. The van der Waals surface area contributed by atoms with Crippen LogP contribution in [0.4, 0.5) is 10.7 Å². The first kappa shape index (κ1) is 9.85. The van der Waals surface area contributed by atoms with Gasteiger partial charge in [0.15, 0.2) is 0 Å². The molecule has 1 fully saturated rings. The molecule has 0 spiro atoms. The van der Waals surface area contributed by atoms with Crippen LogP contribution in [0.1, 0.15) is 12.0 Å². The Morgan fingerprint density at radius 3 is 2.80 bits per heavy atom. The van der Waals surface area contributed by atoms with Crippen molar-refractivity contribution in [1.82, 2.24) is 9.97 Å². The molecule has 2 heterocycles. The number of cyclic esters (lactones) is 1. The van der Waals surface area contributed by atoms with Crippen molar-refractivity contribution < 1.29 is 9.53 Å². The summed E-state index contributed by atoms with van der Waals surface area (Å²) in [5.74, 6) is 0.372. The fourth-order valence-electron chi connectivity index (χ4n) is 1.33. The van der Waals surface area contributed by atoms with Crippen molar-refractivity contribution in [2.45, 2.75) is 13.0 Å². The Labute approximate surface area is 87.1 Å². The van der Waals surface area contributed by atoms with Gasteiger partial charge >= 0.3 is 6.09 Å². The minimum atomic E-state index is -0.387. The number of hydrogen-bond donors (Lipinski definition) is 1. The molecule has 0 bridgehead atoms. The summed E-state index contributed by atoms with van der Waals surface area (Å²) in [6, 6.07) is 0. The van der Waals surface area contributed by atoms with E-state index in [1.54, 1.807) is 12.4 Å². The largest absolute Gasteiger partial charge is 0.449 e. The van der Waals surface area contributed by atoms with Gasteiger partial charge in [0.1, 0.15) is 0 Å². The Hall–Kier alpha value is -1.69. The predicted molar refractivity (Wildman–Crippen MR) is 53.2 cm³/mol. The van der Waals surface area contributed by atoms with Gasteiger partial charge in [-0.1, -0.05) is 0 Å². The van der Waals surface area contributed by atoms with E-state index < -0.39 is 0 Å². The van der Waals surface area contributed by atoms with E-state index >= 15 is 0 Å². The number of nitrogens with zero attached hydrogens (tertiary/aromatic N) is 3. The molecular formula is C9H12N4O2. The Balaban J connectivity index is 2.17. The average molecular weight is 208 g/mol. The van der Waals surface area contributed by atoms with E-state index in [0.29, 0.717) is 25.6 Å². The fourth-order valence-corrected chi connectivity index (χ4v) is 1.33. The SMILES string of the molecule is NCc1cnc(N2CCCOC2=O)nc1. The number of anilines is 1. The van der Waals surface area contributed by atoms with E-state index in [1.807, 2.05) is 0 Å². The highest BCUT2D eigenvalue weighted by atomic mass is 16.6. The molecule has 1 aliphatic rings. The number of nitrogens with two attached hydrogens (primary N) is 1. The molecule has 1 aliphatic heterocycles. The van der Waals surface area contributed by atoms with E-state index in [-0.39, 0.29) is 6.09 Å². The van der Waals surface area contributed by atoms with Gasteiger partial charge in [-0.3, -0.25) is 0 Å². The van der Waals surface area contributed by atoms with Crippen LogP contribution in [-0.4, -0.2) is 29.2 Å². The third-order valence-electron chi connectivity index (χ3n) is 2.14. The molecule has 0 atom stereocenters. The third kappa shape index (κ3) is 2.04. The van der Waals surface area contributed by atoms with Crippen molar-refractivity contribution >= 4 is 12.0 Å². The zero-order chi connectivity index (χ0) is 10.7. The molecular weight excluding hydrogens is 196 g/mol. The summed E-state index contributed by atoms with van der Waals surface area (Å²) in [4.78, 5) is 20.9. The summed E-state index contributed by atoms with van der Waals surface area (Å²) >= 11 is 0. The second-order valence-corrected chi connectivity index (χ2v) is 3.21. The van der Waals surface area contributed by atoms with Crippen LogP contribution in [0, 0.1) is 0 Å². The van der Waals surface area contributed by atoms with E-state index in [9.17, 15) is 4.79 Å². The van der Waals surface area contributed by atoms with Gasteiger partial charge in [-0.25, -0.2) is 19.7 Å². The van der Waals surface area contributed by atoms with Gasteiger partial charge in [0, 0.05) is 31.0 Å². The van der Waals surface area contributed by atoms with Gasteiger partial charge in [0.05, 0.1) is 6.61 Å². The molecule has 80 valence electrons. The summed E-state index contributed by atoms with van der Waals surface area (Å²) in [6.07, 6.45) is 3.64. The molecule has 0 saturated carbocycles. The molecule has 0 unspecified atom stereocenters. The van der Waals surface area contributed by atoms with Crippen molar-refractivity contribution in [1.29, 1.82) is 0 Å². The van der Waals surface area contributed by atoms with Crippen LogP contribution in [0.2, 0.25) is 0 Å². The molecule has 0 radical (unpaired) electrons. The maximum atomic E-state index is 11.3. The first-order valence-corrected chi connectivity index (χ1v) is 4.76. The number of aromatic nitrogens is 2. The van der Waals surface area contributed by atoms with Crippen LogP contribution in [0.3, 0.4) is 0 Å². The van der Waals surface area contributed by atoms with Crippen molar-refractivity contribution in [2.24, 2.45) is 5.73 Å². The van der Waals surface area contributed by atoms with E-state index in [4.69, 9.17) is 10.5 Å². The maximum absolute atomic E-state index is 11.3. The lowest BCUT2D eigenvalue weighted by atomic mass is 10.3. The van der Waals surface area contributed by atoms with Crippen molar-refractivity contribution in [3.8, 4) is 0 Å². The van der Waals surface area contributed by atoms with Crippen LogP contribution in [0.5, 0.6) is 0 Å². The number of hydrogen-bond acceptors (Lipinski definition) is 5. The fraction of sp³-hybridized carbons (Fsp3) is 0.444. The topological polar surface area (TPSA) is 81.3 Å². The lowest BCUT2D eigenvalue weighted by Crippen LogP contribution is -2.38. The van der Waals surface area contributed by atoms with Crippen LogP contribution >= 0.6 is 0 Å². The molecule has 15 heavy (non-hydrogen) atoms. The molecule has 6 nitrogen and oxygen atoms in total. The minimum Gasteiger partial charge on any atom is -0.449 e. The van der Waals surface area contributed by atoms with Gasteiger partial charge in [-0.2, -0.15) is 0 Å². The second kappa shape index (κ2) is 4.22.